The zero-order chi connectivity index (χ0) is 15.4. The summed E-state index contributed by atoms with van der Waals surface area (Å²) in [6.45, 7) is 6.92. The van der Waals surface area contributed by atoms with Crippen molar-refractivity contribution in [2.24, 2.45) is 5.92 Å². The Hall–Kier alpha value is -1.36. The number of hydrogen-bond acceptors (Lipinski definition) is 3. The summed E-state index contributed by atoms with van der Waals surface area (Å²) in [5, 5.41) is 3.29. The van der Waals surface area contributed by atoms with Crippen molar-refractivity contribution in [3.05, 3.63) is 18.2 Å². The van der Waals surface area contributed by atoms with E-state index in [1.54, 1.807) is 0 Å². The number of hydrogen-bond donors (Lipinski definition) is 1. The van der Waals surface area contributed by atoms with Gasteiger partial charge in [0.05, 0.1) is 5.92 Å². The number of likely N-dealkylation sites (tertiary alicyclic amines) is 1. The van der Waals surface area contributed by atoms with Crippen LogP contribution in [-0.2, 0) is 11.3 Å². The Bertz CT molecular complexity index is 485. The molecule has 2 aliphatic heterocycles. The molecule has 2 aliphatic rings. The molecule has 122 valence electrons. The van der Waals surface area contributed by atoms with Crippen LogP contribution >= 0.6 is 0 Å². The molecule has 22 heavy (non-hydrogen) atoms. The fourth-order valence-electron chi connectivity index (χ4n) is 3.68. The van der Waals surface area contributed by atoms with Crippen LogP contribution in [0.2, 0.25) is 0 Å². The molecular weight excluding hydrogens is 276 g/mol. The van der Waals surface area contributed by atoms with Crippen molar-refractivity contribution in [2.45, 2.75) is 51.5 Å². The SMILES string of the molecule is CCCCn1ccnc1C1CCN(C(=O)[C@@H]2CCNC2)CC1. The minimum Gasteiger partial charge on any atom is -0.342 e. The third kappa shape index (κ3) is 3.35. The molecule has 5 heteroatoms. The van der Waals surface area contributed by atoms with Crippen molar-refractivity contribution in [1.29, 1.82) is 0 Å². The maximum absolute atomic E-state index is 12.5. The van der Waals surface area contributed by atoms with Crippen molar-refractivity contribution in [3.8, 4) is 0 Å². The molecule has 1 aromatic heterocycles. The summed E-state index contributed by atoms with van der Waals surface area (Å²) >= 11 is 0. The number of aromatic nitrogens is 2. The highest BCUT2D eigenvalue weighted by molar-refractivity contribution is 5.79. The molecule has 3 heterocycles. The molecule has 0 saturated carbocycles. The van der Waals surface area contributed by atoms with Crippen LogP contribution < -0.4 is 5.32 Å². The van der Waals surface area contributed by atoms with Crippen LogP contribution in [0.25, 0.3) is 0 Å². The average Bonchev–Trinajstić information content (AvgIpc) is 3.24. The second-order valence-electron chi connectivity index (χ2n) is 6.62. The maximum Gasteiger partial charge on any atom is 0.227 e. The Morgan fingerprint density at radius 3 is 2.86 bits per heavy atom. The lowest BCUT2D eigenvalue weighted by Crippen LogP contribution is -2.42. The van der Waals surface area contributed by atoms with Gasteiger partial charge in [-0.1, -0.05) is 13.3 Å². The Labute approximate surface area is 133 Å². The van der Waals surface area contributed by atoms with Crippen molar-refractivity contribution in [3.63, 3.8) is 0 Å². The number of amides is 1. The summed E-state index contributed by atoms with van der Waals surface area (Å²) < 4.78 is 2.31. The highest BCUT2D eigenvalue weighted by atomic mass is 16.2. The number of aryl methyl sites for hydroxylation is 1. The average molecular weight is 304 g/mol. The lowest BCUT2D eigenvalue weighted by molar-refractivity contribution is -0.136. The molecule has 0 spiro atoms. The van der Waals surface area contributed by atoms with Gasteiger partial charge in [0.15, 0.2) is 0 Å². The predicted molar refractivity (Wildman–Crippen MR) is 86.7 cm³/mol. The van der Waals surface area contributed by atoms with E-state index in [1.807, 2.05) is 6.20 Å². The highest BCUT2D eigenvalue weighted by Crippen LogP contribution is 2.28. The Kier molecular flexibility index (Phi) is 5.13. The summed E-state index contributed by atoms with van der Waals surface area (Å²) in [5.74, 6) is 2.31. The van der Waals surface area contributed by atoms with E-state index in [0.29, 0.717) is 11.8 Å². The number of carbonyl (C=O) groups excluding carboxylic acids is 1. The summed E-state index contributed by atoms with van der Waals surface area (Å²) in [6.07, 6.45) is 9.54. The van der Waals surface area contributed by atoms with Crippen LogP contribution in [0, 0.1) is 5.92 Å². The molecule has 0 bridgehead atoms. The van der Waals surface area contributed by atoms with Crippen LogP contribution in [-0.4, -0.2) is 46.5 Å². The normalized spacial score (nSPS) is 23.1. The van der Waals surface area contributed by atoms with Gasteiger partial charge in [-0.05, 0) is 32.2 Å². The van der Waals surface area contributed by atoms with Gasteiger partial charge in [0.25, 0.3) is 0 Å². The van der Waals surface area contributed by atoms with Crippen LogP contribution in [0.4, 0.5) is 0 Å². The maximum atomic E-state index is 12.5. The quantitative estimate of drug-likeness (QED) is 0.905. The number of nitrogens with zero attached hydrogens (tertiary/aromatic N) is 3. The van der Waals surface area contributed by atoms with Gasteiger partial charge in [-0.3, -0.25) is 4.79 Å². The van der Waals surface area contributed by atoms with Gasteiger partial charge in [0.1, 0.15) is 5.82 Å². The summed E-state index contributed by atoms with van der Waals surface area (Å²) in [7, 11) is 0. The van der Waals surface area contributed by atoms with E-state index in [4.69, 9.17) is 0 Å². The van der Waals surface area contributed by atoms with Crippen molar-refractivity contribution < 1.29 is 4.79 Å². The van der Waals surface area contributed by atoms with Crippen LogP contribution in [0.15, 0.2) is 12.4 Å². The minimum atomic E-state index is 0.211. The van der Waals surface area contributed by atoms with E-state index in [-0.39, 0.29) is 5.92 Å². The van der Waals surface area contributed by atoms with Gasteiger partial charge in [-0.2, -0.15) is 0 Å². The molecule has 5 nitrogen and oxygen atoms in total. The molecule has 1 aromatic rings. The van der Waals surface area contributed by atoms with Crippen LogP contribution in [0.1, 0.15) is 50.8 Å². The smallest absolute Gasteiger partial charge is 0.227 e. The van der Waals surface area contributed by atoms with E-state index < -0.39 is 0 Å². The number of rotatable bonds is 5. The van der Waals surface area contributed by atoms with E-state index in [9.17, 15) is 4.79 Å². The first-order chi connectivity index (χ1) is 10.8. The fourth-order valence-corrected chi connectivity index (χ4v) is 3.68. The third-order valence-electron chi connectivity index (χ3n) is 5.08. The largest absolute Gasteiger partial charge is 0.342 e. The lowest BCUT2D eigenvalue weighted by Gasteiger charge is -2.33. The fraction of sp³-hybridized carbons (Fsp3) is 0.765. The first kappa shape index (κ1) is 15.5. The molecule has 1 atom stereocenters. The zero-order valence-electron chi connectivity index (χ0n) is 13.6. The second-order valence-corrected chi connectivity index (χ2v) is 6.62. The van der Waals surface area contributed by atoms with Gasteiger partial charge < -0.3 is 14.8 Å². The van der Waals surface area contributed by atoms with E-state index in [2.05, 4.69) is 32.9 Å². The molecule has 1 amide bonds. The Morgan fingerprint density at radius 1 is 1.36 bits per heavy atom. The Morgan fingerprint density at radius 2 is 2.18 bits per heavy atom. The van der Waals surface area contributed by atoms with Crippen molar-refractivity contribution >= 4 is 5.91 Å². The third-order valence-corrected chi connectivity index (χ3v) is 5.08. The predicted octanol–water partition coefficient (Wildman–Crippen LogP) is 2.00. The molecule has 3 rings (SSSR count). The van der Waals surface area contributed by atoms with Gasteiger partial charge in [-0.25, -0.2) is 4.98 Å². The summed E-state index contributed by atoms with van der Waals surface area (Å²) in [5.41, 5.74) is 0. The molecule has 2 saturated heterocycles. The number of piperidine rings is 1. The van der Waals surface area contributed by atoms with E-state index in [1.165, 1.54) is 18.7 Å². The van der Waals surface area contributed by atoms with Gasteiger partial charge in [-0.15, -0.1) is 0 Å². The van der Waals surface area contributed by atoms with Crippen molar-refractivity contribution in [1.82, 2.24) is 19.8 Å². The number of nitrogens with one attached hydrogen (secondary N) is 1. The zero-order valence-corrected chi connectivity index (χ0v) is 13.6. The summed E-state index contributed by atoms with van der Waals surface area (Å²) in [6, 6.07) is 0. The van der Waals surface area contributed by atoms with Crippen LogP contribution in [0.3, 0.4) is 0 Å². The van der Waals surface area contributed by atoms with Crippen LogP contribution in [0.5, 0.6) is 0 Å². The monoisotopic (exact) mass is 304 g/mol. The highest BCUT2D eigenvalue weighted by Gasteiger charge is 2.31. The molecular formula is C17H28N4O. The molecule has 0 aliphatic carbocycles. The number of unbranched alkanes of at least 4 members (excludes halogenated alkanes) is 1. The second kappa shape index (κ2) is 7.27. The number of carbonyl (C=O) groups is 1. The van der Waals surface area contributed by atoms with Gasteiger partial charge in [0.2, 0.25) is 5.91 Å². The molecule has 0 unspecified atom stereocenters. The molecule has 0 radical (unpaired) electrons. The van der Waals surface area contributed by atoms with Crippen molar-refractivity contribution in [2.75, 3.05) is 26.2 Å². The van der Waals surface area contributed by atoms with Gasteiger partial charge in [0, 0.05) is 44.5 Å². The minimum absolute atomic E-state index is 0.211. The van der Waals surface area contributed by atoms with E-state index >= 15 is 0 Å². The van der Waals surface area contributed by atoms with E-state index in [0.717, 1.165) is 52.0 Å². The first-order valence-electron chi connectivity index (χ1n) is 8.80. The number of imidazole rings is 1. The standard InChI is InChI=1S/C17H28N4O/c1-2-3-9-20-12-8-19-16(20)14-5-10-21(11-6-14)17(22)15-4-7-18-13-15/h8,12,14-15,18H,2-7,9-11,13H2,1H3/t15-/m1/s1. The topological polar surface area (TPSA) is 50.2 Å². The lowest BCUT2D eigenvalue weighted by atomic mass is 9.94. The first-order valence-corrected chi connectivity index (χ1v) is 8.80. The molecule has 1 N–H and O–H groups in total. The summed E-state index contributed by atoms with van der Waals surface area (Å²) in [4.78, 5) is 19.1. The van der Waals surface area contributed by atoms with Gasteiger partial charge >= 0.3 is 0 Å². The molecule has 2 fully saturated rings. The Balaban J connectivity index is 1.55. The molecule has 0 aromatic carbocycles.